The first kappa shape index (κ1) is 12.7. The van der Waals surface area contributed by atoms with E-state index in [2.05, 4.69) is 5.32 Å². The number of nitrogens with one attached hydrogen (secondary N) is 1. The van der Waals surface area contributed by atoms with E-state index in [9.17, 15) is 4.79 Å². The van der Waals surface area contributed by atoms with E-state index < -0.39 is 6.03 Å². The molecule has 1 saturated carbocycles. The SMILES string of the molecule is NCCCOc1cc(C2CC2)ccc1NC(N)=O. The number of ether oxygens (including phenoxy) is 1. The lowest BCUT2D eigenvalue weighted by Gasteiger charge is -2.13. The van der Waals surface area contributed by atoms with E-state index in [1.165, 1.54) is 18.4 Å². The van der Waals surface area contributed by atoms with Crippen molar-refractivity contribution in [2.75, 3.05) is 18.5 Å². The van der Waals surface area contributed by atoms with Crippen LogP contribution in [0.2, 0.25) is 0 Å². The maximum Gasteiger partial charge on any atom is 0.316 e. The normalized spacial score (nSPS) is 14.3. The van der Waals surface area contributed by atoms with Crippen molar-refractivity contribution in [1.29, 1.82) is 0 Å². The first-order valence-corrected chi connectivity index (χ1v) is 6.24. The minimum Gasteiger partial charge on any atom is -0.491 e. The molecule has 2 amide bonds. The quantitative estimate of drug-likeness (QED) is 0.671. The second-order valence-corrected chi connectivity index (χ2v) is 4.51. The molecule has 1 aromatic rings. The van der Waals surface area contributed by atoms with E-state index in [1.807, 2.05) is 18.2 Å². The van der Waals surface area contributed by atoms with Gasteiger partial charge < -0.3 is 21.5 Å². The maximum absolute atomic E-state index is 10.9. The number of nitrogens with two attached hydrogens (primary N) is 2. The molecule has 5 heteroatoms. The van der Waals surface area contributed by atoms with Gasteiger partial charge in [-0.05, 0) is 49.4 Å². The maximum atomic E-state index is 10.9. The molecular weight excluding hydrogens is 230 g/mol. The third-order valence-electron chi connectivity index (χ3n) is 2.92. The second kappa shape index (κ2) is 5.73. The molecule has 0 atom stereocenters. The first-order chi connectivity index (χ1) is 8.70. The second-order valence-electron chi connectivity index (χ2n) is 4.51. The van der Waals surface area contributed by atoms with Crippen LogP contribution in [0.5, 0.6) is 5.75 Å². The number of anilines is 1. The molecule has 5 N–H and O–H groups in total. The Bertz CT molecular complexity index is 430. The lowest BCUT2D eigenvalue weighted by atomic mass is 10.1. The van der Waals surface area contributed by atoms with Crippen LogP contribution in [-0.2, 0) is 0 Å². The molecule has 0 aliphatic heterocycles. The van der Waals surface area contributed by atoms with Crippen LogP contribution in [0.1, 0.15) is 30.7 Å². The number of benzene rings is 1. The molecule has 2 rings (SSSR count). The highest BCUT2D eigenvalue weighted by Gasteiger charge is 2.24. The van der Waals surface area contributed by atoms with E-state index in [0.717, 1.165) is 6.42 Å². The van der Waals surface area contributed by atoms with Gasteiger partial charge in [-0.15, -0.1) is 0 Å². The third-order valence-corrected chi connectivity index (χ3v) is 2.92. The summed E-state index contributed by atoms with van der Waals surface area (Å²) in [4.78, 5) is 10.9. The summed E-state index contributed by atoms with van der Waals surface area (Å²) in [7, 11) is 0. The summed E-state index contributed by atoms with van der Waals surface area (Å²) >= 11 is 0. The van der Waals surface area contributed by atoms with E-state index in [0.29, 0.717) is 30.5 Å². The molecule has 1 aromatic carbocycles. The van der Waals surface area contributed by atoms with Crippen molar-refractivity contribution in [3.63, 3.8) is 0 Å². The van der Waals surface area contributed by atoms with Gasteiger partial charge in [0.2, 0.25) is 0 Å². The van der Waals surface area contributed by atoms with E-state index in [-0.39, 0.29) is 0 Å². The molecule has 0 saturated heterocycles. The van der Waals surface area contributed by atoms with Crippen molar-refractivity contribution < 1.29 is 9.53 Å². The van der Waals surface area contributed by atoms with Crippen LogP contribution in [0.15, 0.2) is 18.2 Å². The standard InChI is InChI=1S/C13H19N3O2/c14-6-1-7-18-12-8-10(9-2-3-9)4-5-11(12)16-13(15)17/h4-5,8-9H,1-3,6-7,14H2,(H3,15,16,17). The predicted octanol–water partition coefficient (Wildman–Crippen LogP) is 1.78. The molecule has 0 spiro atoms. The zero-order chi connectivity index (χ0) is 13.0. The highest BCUT2D eigenvalue weighted by atomic mass is 16.5. The van der Waals surface area contributed by atoms with Crippen molar-refractivity contribution in [2.24, 2.45) is 11.5 Å². The zero-order valence-corrected chi connectivity index (χ0v) is 10.3. The van der Waals surface area contributed by atoms with Crippen molar-refractivity contribution in [1.82, 2.24) is 0 Å². The van der Waals surface area contributed by atoms with E-state index >= 15 is 0 Å². The van der Waals surface area contributed by atoms with Crippen LogP contribution in [-0.4, -0.2) is 19.2 Å². The van der Waals surface area contributed by atoms with Crippen LogP contribution in [0.3, 0.4) is 0 Å². The summed E-state index contributed by atoms with van der Waals surface area (Å²) in [6.07, 6.45) is 3.24. The summed E-state index contributed by atoms with van der Waals surface area (Å²) < 4.78 is 5.65. The summed E-state index contributed by atoms with van der Waals surface area (Å²) in [6, 6.07) is 5.26. The third kappa shape index (κ3) is 3.37. The van der Waals surface area contributed by atoms with Crippen LogP contribution in [0.25, 0.3) is 0 Å². The van der Waals surface area contributed by atoms with Crippen LogP contribution in [0, 0.1) is 0 Å². The lowest BCUT2D eigenvalue weighted by molar-refractivity contribution is 0.259. The van der Waals surface area contributed by atoms with Gasteiger partial charge in [-0.25, -0.2) is 4.79 Å². The molecule has 0 aromatic heterocycles. The Morgan fingerprint density at radius 3 is 2.83 bits per heavy atom. The summed E-state index contributed by atoms with van der Waals surface area (Å²) in [5, 5.41) is 2.57. The van der Waals surface area contributed by atoms with E-state index in [1.54, 1.807) is 0 Å². The fourth-order valence-corrected chi connectivity index (χ4v) is 1.83. The Labute approximate surface area is 106 Å². The predicted molar refractivity (Wildman–Crippen MR) is 70.8 cm³/mol. The van der Waals surface area contributed by atoms with Crippen LogP contribution in [0.4, 0.5) is 10.5 Å². The number of primary amides is 1. The number of rotatable bonds is 6. The molecule has 5 nitrogen and oxygen atoms in total. The molecular formula is C13H19N3O2. The Morgan fingerprint density at radius 2 is 2.22 bits per heavy atom. The van der Waals surface area contributed by atoms with Gasteiger partial charge >= 0.3 is 6.03 Å². The molecule has 0 radical (unpaired) electrons. The Kier molecular flexibility index (Phi) is 4.04. The number of urea groups is 1. The van der Waals surface area contributed by atoms with Crippen molar-refractivity contribution >= 4 is 11.7 Å². The van der Waals surface area contributed by atoms with Gasteiger partial charge in [-0.1, -0.05) is 6.07 Å². The minimum atomic E-state index is -0.585. The van der Waals surface area contributed by atoms with Crippen LogP contribution < -0.4 is 21.5 Å². The zero-order valence-electron chi connectivity index (χ0n) is 10.3. The number of carbonyl (C=O) groups is 1. The minimum absolute atomic E-state index is 0.540. The van der Waals surface area contributed by atoms with Crippen molar-refractivity contribution in [2.45, 2.75) is 25.2 Å². The monoisotopic (exact) mass is 249 g/mol. The number of hydrogen-bond acceptors (Lipinski definition) is 3. The topological polar surface area (TPSA) is 90.4 Å². The Hall–Kier alpha value is -1.75. The molecule has 1 aliphatic carbocycles. The summed E-state index contributed by atoms with van der Waals surface area (Å²) in [6.45, 7) is 1.12. The van der Waals surface area contributed by atoms with Gasteiger partial charge in [0.15, 0.2) is 0 Å². The van der Waals surface area contributed by atoms with Gasteiger partial charge in [0, 0.05) is 0 Å². The smallest absolute Gasteiger partial charge is 0.316 e. The number of amides is 2. The molecule has 0 unspecified atom stereocenters. The largest absolute Gasteiger partial charge is 0.491 e. The number of carbonyl (C=O) groups excluding carboxylic acids is 1. The van der Waals surface area contributed by atoms with Gasteiger partial charge in [0.25, 0.3) is 0 Å². The van der Waals surface area contributed by atoms with Crippen LogP contribution >= 0.6 is 0 Å². The highest BCUT2D eigenvalue weighted by Crippen LogP contribution is 2.42. The molecule has 1 fully saturated rings. The van der Waals surface area contributed by atoms with Gasteiger partial charge in [0.05, 0.1) is 12.3 Å². The highest BCUT2D eigenvalue weighted by molar-refractivity contribution is 5.89. The summed E-state index contributed by atoms with van der Waals surface area (Å²) in [5.74, 6) is 1.32. The van der Waals surface area contributed by atoms with Gasteiger partial charge in [-0.3, -0.25) is 0 Å². The van der Waals surface area contributed by atoms with Crippen molar-refractivity contribution in [3.05, 3.63) is 23.8 Å². The number of hydrogen-bond donors (Lipinski definition) is 3. The molecule has 0 heterocycles. The van der Waals surface area contributed by atoms with E-state index in [4.69, 9.17) is 16.2 Å². The Morgan fingerprint density at radius 1 is 1.44 bits per heavy atom. The molecule has 0 bridgehead atoms. The lowest BCUT2D eigenvalue weighted by Crippen LogP contribution is -2.20. The molecule has 18 heavy (non-hydrogen) atoms. The Balaban J connectivity index is 2.12. The average Bonchev–Trinajstić information content (AvgIpc) is 3.15. The fraction of sp³-hybridized carbons (Fsp3) is 0.462. The average molecular weight is 249 g/mol. The molecule has 1 aliphatic rings. The fourth-order valence-electron chi connectivity index (χ4n) is 1.83. The summed E-state index contributed by atoms with van der Waals surface area (Å²) in [5.41, 5.74) is 12.4. The van der Waals surface area contributed by atoms with Gasteiger partial charge in [-0.2, -0.15) is 0 Å². The molecule has 98 valence electrons. The first-order valence-electron chi connectivity index (χ1n) is 6.24. The van der Waals surface area contributed by atoms with Crippen molar-refractivity contribution in [3.8, 4) is 5.75 Å². The van der Waals surface area contributed by atoms with Gasteiger partial charge in [0.1, 0.15) is 5.75 Å².